The lowest BCUT2D eigenvalue weighted by Gasteiger charge is -2.27. The van der Waals surface area contributed by atoms with Gasteiger partial charge in [0.25, 0.3) is 11.7 Å². The molecule has 0 bridgehead atoms. The number of halogens is 1. The maximum Gasteiger partial charge on any atom is 0.300 e. The van der Waals surface area contributed by atoms with Crippen LogP contribution in [0.4, 0.5) is 5.69 Å². The summed E-state index contributed by atoms with van der Waals surface area (Å²) in [6.45, 7) is 2.89. The van der Waals surface area contributed by atoms with E-state index in [1.165, 1.54) is 4.90 Å². The molecule has 3 aromatic carbocycles. The molecule has 2 heterocycles. The van der Waals surface area contributed by atoms with Gasteiger partial charge in [0.2, 0.25) is 0 Å². The number of hydrogen-bond donors (Lipinski definition) is 1. The van der Waals surface area contributed by atoms with Crippen LogP contribution in [0.15, 0.2) is 72.3 Å². The Bertz CT molecular complexity index is 1310. The zero-order valence-electron chi connectivity index (χ0n) is 18.5. The number of carbonyl (C=O) groups excluding carboxylic acids is 2. The van der Waals surface area contributed by atoms with Gasteiger partial charge >= 0.3 is 0 Å². The molecule has 1 N–H and O–H groups in total. The van der Waals surface area contributed by atoms with Crippen molar-refractivity contribution in [3.8, 4) is 11.5 Å². The van der Waals surface area contributed by atoms with E-state index in [0.717, 1.165) is 12.0 Å². The molecule has 7 heteroatoms. The van der Waals surface area contributed by atoms with Gasteiger partial charge in [0, 0.05) is 22.3 Å². The average molecular weight is 476 g/mol. The van der Waals surface area contributed by atoms with Gasteiger partial charge in [-0.2, -0.15) is 0 Å². The van der Waals surface area contributed by atoms with Crippen LogP contribution in [0.25, 0.3) is 5.76 Å². The number of nitrogens with zero attached hydrogens (tertiary/aromatic N) is 1. The van der Waals surface area contributed by atoms with E-state index in [1.54, 1.807) is 42.5 Å². The number of fused-ring (bicyclic) bond motifs is 1. The SMILES string of the molecule is CCc1ccc(C2/C(=C(\O)c3cccc(Cl)c3)C(=O)C(=O)N2c2ccc3c(c2)OCCO3)cc1. The van der Waals surface area contributed by atoms with Crippen LogP contribution in [0.5, 0.6) is 11.5 Å². The minimum atomic E-state index is -0.826. The molecule has 5 rings (SSSR count). The Morgan fingerprint density at radius 1 is 1.00 bits per heavy atom. The molecule has 0 spiro atoms. The van der Waals surface area contributed by atoms with E-state index in [-0.39, 0.29) is 11.3 Å². The van der Waals surface area contributed by atoms with E-state index in [4.69, 9.17) is 21.1 Å². The molecule has 2 aliphatic heterocycles. The van der Waals surface area contributed by atoms with Crippen molar-refractivity contribution in [3.63, 3.8) is 0 Å². The number of ketones is 1. The Balaban J connectivity index is 1.69. The molecule has 1 amide bonds. The van der Waals surface area contributed by atoms with Gasteiger partial charge in [-0.25, -0.2) is 0 Å². The van der Waals surface area contributed by atoms with Gasteiger partial charge in [-0.3, -0.25) is 14.5 Å². The monoisotopic (exact) mass is 475 g/mol. The van der Waals surface area contributed by atoms with Crippen LogP contribution in [-0.4, -0.2) is 30.0 Å². The van der Waals surface area contributed by atoms with Crippen molar-refractivity contribution in [3.05, 3.63) is 94.0 Å². The van der Waals surface area contributed by atoms with E-state index >= 15 is 0 Å². The van der Waals surface area contributed by atoms with Gasteiger partial charge in [0.15, 0.2) is 11.5 Å². The molecule has 0 saturated carbocycles. The fraction of sp³-hybridized carbons (Fsp3) is 0.185. The van der Waals surface area contributed by atoms with Crippen molar-refractivity contribution in [2.75, 3.05) is 18.1 Å². The number of aliphatic hydroxyl groups is 1. The van der Waals surface area contributed by atoms with Crippen molar-refractivity contribution < 1.29 is 24.2 Å². The van der Waals surface area contributed by atoms with E-state index in [2.05, 4.69) is 6.92 Å². The zero-order valence-corrected chi connectivity index (χ0v) is 19.2. The predicted octanol–water partition coefficient (Wildman–Crippen LogP) is 5.30. The Morgan fingerprint density at radius 3 is 2.44 bits per heavy atom. The summed E-state index contributed by atoms with van der Waals surface area (Å²) in [5.74, 6) is -0.692. The third-order valence-corrected chi connectivity index (χ3v) is 6.29. The van der Waals surface area contributed by atoms with Crippen LogP contribution in [0.1, 0.15) is 29.7 Å². The normalized spacial score (nSPS) is 18.9. The molecule has 34 heavy (non-hydrogen) atoms. The maximum absolute atomic E-state index is 13.3. The van der Waals surface area contributed by atoms with E-state index < -0.39 is 17.7 Å². The number of aliphatic hydroxyl groups excluding tert-OH is 1. The number of amides is 1. The lowest BCUT2D eigenvalue weighted by Crippen LogP contribution is -2.29. The molecular weight excluding hydrogens is 454 g/mol. The number of benzene rings is 3. The van der Waals surface area contributed by atoms with Gasteiger partial charge < -0.3 is 14.6 Å². The fourth-order valence-electron chi connectivity index (χ4n) is 4.32. The largest absolute Gasteiger partial charge is 0.507 e. The molecular formula is C27H22ClNO5. The highest BCUT2D eigenvalue weighted by Gasteiger charge is 2.47. The van der Waals surface area contributed by atoms with Gasteiger partial charge in [-0.15, -0.1) is 0 Å². The topological polar surface area (TPSA) is 76.1 Å². The van der Waals surface area contributed by atoms with Crippen LogP contribution >= 0.6 is 11.6 Å². The third-order valence-electron chi connectivity index (χ3n) is 6.05. The minimum absolute atomic E-state index is 0.00593. The first-order chi connectivity index (χ1) is 16.5. The Kier molecular flexibility index (Phi) is 5.75. The summed E-state index contributed by atoms with van der Waals surface area (Å²) in [6.07, 6.45) is 0.852. The van der Waals surface area contributed by atoms with Crippen molar-refractivity contribution in [1.82, 2.24) is 0 Å². The lowest BCUT2D eigenvalue weighted by molar-refractivity contribution is -0.132. The quantitative estimate of drug-likeness (QED) is 0.315. The van der Waals surface area contributed by atoms with Crippen LogP contribution in [0, 0.1) is 0 Å². The summed E-state index contributed by atoms with van der Waals surface area (Å²) in [5.41, 5.74) is 2.67. The van der Waals surface area contributed by atoms with Gasteiger partial charge in [-0.1, -0.05) is 54.9 Å². The van der Waals surface area contributed by atoms with Crippen molar-refractivity contribution in [2.45, 2.75) is 19.4 Å². The predicted molar refractivity (Wildman–Crippen MR) is 129 cm³/mol. The zero-order chi connectivity index (χ0) is 23.8. The number of Topliss-reactive ketones (excluding diaryl/α,β-unsaturated/α-hetero) is 1. The number of anilines is 1. The highest BCUT2D eigenvalue weighted by atomic mass is 35.5. The highest BCUT2D eigenvalue weighted by molar-refractivity contribution is 6.51. The van der Waals surface area contributed by atoms with Crippen LogP contribution < -0.4 is 14.4 Å². The van der Waals surface area contributed by atoms with Gasteiger partial charge in [-0.05, 0) is 41.8 Å². The number of rotatable bonds is 4. The van der Waals surface area contributed by atoms with Crippen molar-refractivity contribution in [2.24, 2.45) is 0 Å². The Hall–Kier alpha value is -3.77. The molecule has 172 valence electrons. The highest BCUT2D eigenvalue weighted by Crippen LogP contribution is 2.44. The second-order valence-corrected chi connectivity index (χ2v) is 8.54. The molecule has 0 aliphatic carbocycles. The van der Waals surface area contributed by atoms with Crippen molar-refractivity contribution >= 4 is 34.7 Å². The smallest absolute Gasteiger partial charge is 0.300 e. The summed E-state index contributed by atoms with van der Waals surface area (Å²) in [6, 6.07) is 18.5. The second kappa shape index (κ2) is 8.88. The Morgan fingerprint density at radius 2 is 1.74 bits per heavy atom. The summed E-state index contributed by atoms with van der Waals surface area (Å²) in [4.78, 5) is 28.0. The average Bonchev–Trinajstić information content (AvgIpc) is 3.13. The molecule has 1 fully saturated rings. The molecule has 0 aromatic heterocycles. The van der Waals surface area contributed by atoms with E-state index in [1.807, 2.05) is 24.3 Å². The summed E-state index contributed by atoms with van der Waals surface area (Å²) in [5, 5.41) is 11.6. The lowest BCUT2D eigenvalue weighted by atomic mass is 9.94. The standard InChI is InChI=1S/C27H22ClNO5/c1-2-16-6-8-17(9-7-16)24-23(25(30)18-4-3-5-19(28)14-18)26(31)27(32)29(24)20-10-11-21-22(15-20)34-13-12-33-21/h3-11,14-15,24,30H,2,12-13H2,1H3/b25-23+. The fourth-order valence-corrected chi connectivity index (χ4v) is 4.51. The summed E-state index contributed by atoms with van der Waals surface area (Å²) < 4.78 is 11.3. The molecule has 2 aliphatic rings. The summed E-state index contributed by atoms with van der Waals surface area (Å²) in [7, 11) is 0. The molecule has 6 nitrogen and oxygen atoms in total. The number of ether oxygens (including phenoxy) is 2. The minimum Gasteiger partial charge on any atom is -0.507 e. The first-order valence-electron chi connectivity index (χ1n) is 11.0. The molecule has 1 unspecified atom stereocenters. The van der Waals surface area contributed by atoms with E-state index in [9.17, 15) is 14.7 Å². The molecule has 0 radical (unpaired) electrons. The maximum atomic E-state index is 13.3. The van der Waals surface area contributed by atoms with Crippen LogP contribution in [0.2, 0.25) is 5.02 Å². The second-order valence-electron chi connectivity index (χ2n) is 8.10. The third kappa shape index (κ3) is 3.80. The molecule has 3 aromatic rings. The van der Waals surface area contributed by atoms with Crippen molar-refractivity contribution in [1.29, 1.82) is 0 Å². The first kappa shape index (κ1) is 22.0. The number of carbonyl (C=O) groups is 2. The van der Waals surface area contributed by atoms with E-state index in [0.29, 0.717) is 46.5 Å². The van der Waals surface area contributed by atoms with Crippen LogP contribution in [-0.2, 0) is 16.0 Å². The molecule has 1 saturated heterocycles. The summed E-state index contributed by atoms with van der Waals surface area (Å²) >= 11 is 6.12. The number of aryl methyl sites for hydroxylation is 1. The van der Waals surface area contributed by atoms with Crippen LogP contribution in [0.3, 0.4) is 0 Å². The van der Waals surface area contributed by atoms with Gasteiger partial charge in [0.1, 0.15) is 19.0 Å². The Labute approximate surface area is 202 Å². The first-order valence-corrected chi connectivity index (χ1v) is 11.4. The number of hydrogen-bond acceptors (Lipinski definition) is 5. The van der Waals surface area contributed by atoms with Gasteiger partial charge in [0.05, 0.1) is 11.6 Å². The molecule has 1 atom stereocenters.